The molecule has 20 heavy (non-hydrogen) atoms. The van der Waals surface area contributed by atoms with Crippen molar-refractivity contribution < 1.29 is 4.39 Å². The Bertz CT molecular complexity index is 753. The first-order valence-corrected chi connectivity index (χ1v) is 6.57. The average molecular weight is 266 g/mol. The van der Waals surface area contributed by atoms with Crippen molar-refractivity contribution in [3.05, 3.63) is 66.0 Å². The van der Waals surface area contributed by atoms with Crippen LogP contribution in [0, 0.1) is 5.82 Å². The quantitative estimate of drug-likeness (QED) is 0.780. The van der Waals surface area contributed by atoms with Crippen LogP contribution >= 0.6 is 0 Å². The third-order valence-electron chi connectivity index (χ3n) is 3.31. The molecular formula is C17H15FN2. The van der Waals surface area contributed by atoms with E-state index in [1.165, 1.54) is 6.07 Å². The van der Waals surface area contributed by atoms with E-state index in [1.54, 1.807) is 12.1 Å². The smallest absolute Gasteiger partial charge is 0.123 e. The van der Waals surface area contributed by atoms with Gasteiger partial charge in [0, 0.05) is 17.5 Å². The maximum atomic E-state index is 13.4. The molecule has 2 nitrogen and oxygen atoms in total. The first-order valence-electron chi connectivity index (χ1n) is 6.57. The van der Waals surface area contributed by atoms with E-state index in [9.17, 15) is 4.39 Å². The molecule has 0 saturated carbocycles. The standard InChI is InChI=1S/C17H15FN2/c1-19-11-13-10-14(18)7-8-15(13)17-9-6-12-4-2-3-5-16(12)20-17/h2-10,19H,11H2,1H3. The molecule has 0 aliphatic carbocycles. The number of para-hydroxylation sites is 1. The highest BCUT2D eigenvalue weighted by atomic mass is 19.1. The van der Waals surface area contributed by atoms with Gasteiger partial charge in [-0.05, 0) is 42.9 Å². The SMILES string of the molecule is CNCc1cc(F)ccc1-c1ccc2ccccc2n1. The van der Waals surface area contributed by atoms with Gasteiger partial charge in [0.2, 0.25) is 0 Å². The summed E-state index contributed by atoms with van der Waals surface area (Å²) in [6.45, 7) is 0.613. The van der Waals surface area contributed by atoms with Crippen LogP contribution in [0.15, 0.2) is 54.6 Å². The van der Waals surface area contributed by atoms with Gasteiger partial charge < -0.3 is 5.32 Å². The number of aromatic nitrogens is 1. The van der Waals surface area contributed by atoms with Crippen molar-refractivity contribution >= 4 is 10.9 Å². The van der Waals surface area contributed by atoms with E-state index in [4.69, 9.17) is 0 Å². The molecule has 0 radical (unpaired) electrons. The van der Waals surface area contributed by atoms with E-state index in [0.29, 0.717) is 6.54 Å². The third-order valence-corrected chi connectivity index (χ3v) is 3.31. The predicted molar refractivity (Wildman–Crippen MR) is 79.9 cm³/mol. The van der Waals surface area contributed by atoms with Gasteiger partial charge in [-0.1, -0.05) is 24.3 Å². The molecule has 3 heteroatoms. The molecule has 3 rings (SSSR count). The summed E-state index contributed by atoms with van der Waals surface area (Å²) in [7, 11) is 1.85. The Morgan fingerprint density at radius 1 is 1.05 bits per heavy atom. The molecule has 0 saturated heterocycles. The number of nitrogens with zero attached hydrogens (tertiary/aromatic N) is 1. The zero-order valence-electron chi connectivity index (χ0n) is 11.2. The van der Waals surface area contributed by atoms with E-state index >= 15 is 0 Å². The fourth-order valence-corrected chi connectivity index (χ4v) is 2.36. The number of pyridine rings is 1. The van der Waals surface area contributed by atoms with Gasteiger partial charge in [-0.15, -0.1) is 0 Å². The van der Waals surface area contributed by atoms with Gasteiger partial charge in [0.25, 0.3) is 0 Å². The summed E-state index contributed by atoms with van der Waals surface area (Å²) in [6, 6.07) is 16.8. The van der Waals surface area contributed by atoms with Crippen LogP contribution in [0.2, 0.25) is 0 Å². The highest BCUT2D eigenvalue weighted by molar-refractivity contribution is 5.81. The summed E-state index contributed by atoms with van der Waals surface area (Å²) < 4.78 is 13.4. The summed E-state index contributed by atoms with van der Waals surface area (Å²) in [5.41, 5.74) is 3.69. The topological polar surface area (TPSA) is 24.9 Å². The van der Waals surface area contributed by atoms with E-state index < -0.39 is 0 Å². The Balaban J connectivity index is 2.14. The molecule has 0 aliphatic rings. The van der Waals surface area contributed by atoms with Crippen LogP contribution < -0.4 is 5.32 Å². The van der Waals surface area contributed by atoms with Crippen LogP contribution in [0.4, 0.5) is 4.39 Å². The zero-order valence-corrected chi connectivity index (χ0v) is 11.2. The number of benzene rings is 2. The van der Waals surface area contributed by atoms with Crippen LogP contribution in [-0.2, 0) is 6.54 Å². The van der Waals surface area contributed by atoms with Crippen LogP contribution in [0.1, 0.15) is 5.56 Å². The van der Waals surface area contributed by atoms with Gasteiger partial charge in [-0.3, -0.25) is 0 Å². The van der Waals surface area contributed by atoms with Crippen molar-refractivity contribution in [1.82, 2.24) is 10.3 Å². The van der Waals surface area contributed by atoms with Crippen LogP contribution in [-0.4, -0.2) is 12.0 Å². The lowest BCUT2D eigenvalue weighted by Gasteiger charge is -2.10. The Morgan fingerprint density at radius 2 is 1.90 bits per heavy atom. The molecule has 1 N–H and O–H groups in total. The Kier molecular flexibility index (Phi) is 3.44. The molecule has 0 atom stereocenters. The van der Waals surface area contributed by atoms with Crippen molar-refractivity contribution in [3.63, 3.8) is 0 Å². The molecule has 1 aromatic heterocycles. The predicted octanol–water partition coefficient (Wildman–Crippen LogP) is 3.76. The van der Waals surface area contributed by atoms with E-state index in [0.717, 1.165) is 27.7 Å². The van der Waals surface area contributed by atoms with Crippen molar-refractivity contribution in [2.45, 2.75) is 6.54 Å². The summed E-state index contributed by atoms with van der Waals surface area (Å²) in [4.78, 5) is 4.67. The van der Waals surface area contributed by atoms with Gasteiger partial charge in [0.1, 0.15) is 5.82 Å². The highest BCUT2D eigenvalue weighted by Gasteiger charge is 2.08. The van der Waals surface area contributed by atoms with Gasteiger partial charge in [0.05, 0.1) is 11.2 Å². The summed E-state index contributed by atoms with van der Waals surface area (Å²) >= 11 is 0. The molecule has 100 valence electrons. The lowest BCUT2D eigenvalue weighted by Crippen LogP contribution is -2.07. The average Bonchev–Trinajstić information content (AvgIpc) is 2.47. The van der Waals surface area contributed by atoms with Crippen LogP contribution in [0.5, 0.6) is 0 Å². The monoisotopic (exact) mass is 266 g/mol. The molecule has 2 aromatic carbocycles. The second-order valence-corrected chi connectivity index (χ2v) is 4.72. The minimum atomic E-state index is -0.222. The maximum Gasteiger partial charge on any atom is 0.123 e. The Hall–Kier alpha value is -2.26. The molecule has 1 heterocycles. The maximum absolute atomic E-state index is 13.4. The minimum Gasteiger partial charge on any atom is -0.316 e. The minimum absolute atomic E-state index is 0.222. The second-order valence-electron chi connectivity index (χ2n) is 4.72. The number of rotatable bonds is 3. The van der Waals surface area contributed by atoms with Crippen LogP contribution in [0.3, 0.4) is 0 Å². The van der Waals surface area contributed by atoms with Crippen molar-refractivity contribution in [2.75, 3.05) is 7.05 Å². The third kappa shape index (κ3) is 2.40. The molecule has 3 aromatic rings. The number of hydrogen-bond donors (Lipinski definition) is 1. The van der Waals surface area contributed by atoms with Gasteiger partial charge in [-0.2, -0.15) is 0 Å². The zero-order chi connectivity index (χ0) is 13.9. The molecule has 0 aliphatic heterocycles. The summed E-state index contributed by atoms with van der Waals surface area (Å²) in [5, 5.41) is 4.17. The molecule has 0 unspecified atom stereocenters. The first kappa shape index (κ1) is 12.8. The van der Waals surface area contributed by atoms with Gasteiger partial charge >= 0.3 is 0 Å². The largest absolute Gasteiger partial charge is 0.316 e. The molecular weight excluding hydrogens is 251 g/mol. The fraction of sp³-hybridized carbons (Fsp3) is 0.118. The van der Waals surface area contributed by atoms with Crippen molar-refractivity contribution in [2.24, 2.45) is 0 Å². The molecule has 0 bridgehead atoms. The second kappa shape index (κ2) is 5.39. The molecule has 0 amide bonds. The number of nitrogens with one attached hydrogen (secondary N) is 1. The number of hydrogen-bond acceptors (Lipinski definition) is 2. The number of halogens is 1. The van der Waals surface area contributed by atoms with Gasteiger partial charge in [-0.25, -0.2) is 9.37 Å². The van der Waals surface area contributed by atoms with Crippen LogP contribution in [0.25, 0.3) is 22.2 Å². The van der Waals surface area contributed by atoms with Crippen molar-refractivity contribution in [1.29, 1.82) is 0 Å². The van der Waals surface area contributed by atoms with E-state index in [-0.39, 0.29) is 5.82 Å². The van der Waals surface area contributed by atoms with Crippen molar-refractivity contribution in [3.8, 4) is 11.3 Å². The first-order chi connectivity index (χ1) is 9.78. The molecule has 0 fully saturated rings. The number of fused-ring (bicyclic) bond motifs is 1. The lowest BCUT2D eigenvalue weighted by atomic mass is 10.0. The summed E-state index contributed by atoms with van der Waals surface area (Å²) in [6.07, 6.45) is 0. The Labute approximate surface area is 117 Å². The fourth-order valence-electron chi connectivity index (χ4n) is 2.36. The molecule has 0 spiro atoms. The highest BCUT2D eigenvalue weighted by Crippen LogP contribution is 2.25. The van der Waals surface area contributed by atoms with Gasteiger partial charge in [0.15, 0.2) is 0 Å². The summed E-state index contributed by atoms with van der Waals surface area (Å²) in [5.74, 6) is -0.222. The van der Waals surface area contributed by atoms with E-state index in [1.807, 2.05) is 43.4 Å². The Morgan fingerprint density at radius 3 is 2.75 bits per heavy atom. The normalized spacial score (nSPS) is 10.9. The van der Waals surface area contributed by atoms with E-state index in [2.05, 4.69) is 10.3 Å². The lowest BCUT2D eigenvalue weighted by molar-refractivity contribution is 0.624.